The number of nitrogens with one attached hydrogen (secondary N) is 1. The molecule has 4 fully saturated rings. The third-order valence-corrected chi connectivity index (χ3v) is 12.9. The molecular weight excluding hydrogens is 600 g/mol. The van der Waals surface area contributed by atoms with Crippen molar-refractivity contribution in [3.8, 4) is 17.0 Å². The number of aromatic nitrogens is 1. The lowest BCUT2D eigenvalue weighted by molar-refractivity contribution is -0.129. The van der Waals surface area contributed by atoms with Gasteiger partial charge < -0.3 is 14.2 Å². The van der Waals surface area contributed by atoms with E-state index in [0.717, 1.165) is 72.4 Å². The summed E-state index contributed by atoms with van der Waals surface area (Å²) in [5.41, 5.74) is 6.22. The van der Waals surface area contributed by atoms with Gasteiger partial charge in [-0.25, -0.2) is 13.1 Å². The van der Waals surface area contributed by atoms with Crippen LogP contribution in [0, 0.1) is 0 Å². The summed E-state index contributed by atoms with van der Waals surface area (Å²) in [6, 6.07) is 12.3. The zero-order chi connectivity index (χ0) is 31.7. The van der Waals surface area contributed by atoms with Crippen LogP contribution in [0.2, 0.25) is 0 Å². The number of carbonyl (C=O) groups excluding carboxylic acids is 2. The normalized spacial score (nSPS) is 23.2. The molecule has 2 atom stereocenters. The molecule has 3 aromatic rings. The van der Waals surface area contributed by atoms with Gasteiger partial charge in [0.15, 0.2) is 0 Å². The lowest BCUT2D eigenvalue weighted by Gasteiger charge is -2.34. The first-order valence-electron chi connectivity index (χ1n) is 16.9. The Bertz CT molecular complexity index is 1890. The van der Waals surface area contributed by atoms with Gasteiger partial charge in [0.05, 0.1) is 24.6 Å². The molecule has 1 aromatic heterocycles. The average Bonchev–Trinajstić information content (AvgIpc) is 3.70. The highest BCUT2D eigenvalue weighted by Crippen LogP contribution is 2.47. The van der Waals surface area contributed by atoms with E-state index in [0.29, 0.717) is 42.5 Å². The van der Waals surface area contributed by atoms with Crippen molar-refractivity contribution in [2.75, 3.05) is 26.7 Å². The zero-order valence-corrected chi connectivity index (χ0v) is 27.4. The Morgan fingerprint density at radius 3 is 2.48 bits per heavy atom. The Labute approximate surface area is 270 Å². The molecule has 1 N–H and O–H groups in total. The molecule has 3 aliphatic heterocycles. The van der Waals surface area contributed by atoms with Crippen molar-refractivity contribution in [2.45, 2.75) is 88.1 Å². The van der Waals surface area contributed by atoms with E-state index in [9.17, 15) is 18.0 Å². The van der Waals surface area contributed by atoms with E-state index in [2.05, 4.69) is 32.1 Å². The van der Waals surface area contributed by atoms with Crippen LogP contribution in [0.25, 0.3) is 28.2 Å². The minimum absolute atomic E-state index is 0.0652. The maximum atomic E-state index is 14.4. The van der Waals surface area contributed by atoms with Crippen LogP contribution >= 0.6 is 0 Å². The highest BCUT2D eigenvalue weighted by Gasteiger charge is 2.45. The van der Waals surface area contributed by atoms with Gasteiger partial charge in [-0.3, -0.25) is 14.5 Å². The van der Waals surface area contributed by atoms with Crippen LogP contribution in [-0.4, -0.2) is 78.7 Å². The fourth-order valence-electron chi connectivity index (χ4n) is 8.53. The van der Waals surface area contributed by atoms with Gasteiger partial charge in [-0.1, -0.05) is 32.3 Å². The zero-order valence-electron chi connectivity index (χ0n) is 26.6. The second kappa shape index (κ2) is 11.3. The highest BCUT2D eigenvalue weighted by atomic mass is 32.2. The standard InChI is InChI=1S/C36H42N4O5S/c1-3-38-20-27-18-26(38)21-39(27)36(42)25-15-24-16-28(45-2)10-14-30(24)34-33(22-7-5-4-6-8-22)31-13-9-23(17-32(31)40(34)19-25)35(41)37-46(43,44)29-11-12-29/h9-10,13-17,22,26-27,29H,3-8,11-12,18-21H2,1-2H3,(H,37,41). The van der Waals surface area contributed by atoms with E-state index < -0.39 is 21.2 Å². The van der Waals surface area contributed by atoms with Crippen molar-refractivity contribution in [3.05, 3.63) is 58.7 Å². The van der Waals surface area contributed by atoms with Crippen LogP contribution in [0.15, 0.2) is 42.0 Å². The SMILES string of the molecule is CCN1CC2CC1CN2C(=O)C1=Cc2cc(OC)ccc2-c2c(C3CCCCC3)c3ccc(C(=O)NS(=O)(=O)C4CC4)cc3n2C1. The second-order valence-corrected chi connectivity index (χ2v) is 15.8. The van der Waals surface area contributed by atoms with Gasteiger partial charge >= 0.3 is 0 Å². The number of methoxy groups -OCH3 is 1. The predicted octanol–water partition coefficient (Wildman–Crippen LogP) is 5.29. The van der Waals surface area contributed by atoms with Crippen molar-refractivity contribution in [1.82, 2.24) is 19.1 Å². The number of rotatable bonds is 7. The van der Waals surface area contributed by atoms with E-state index in [-0.39, 0.29) is 11.9 Å². The number of sulfonamides is 1. The summed E-state index contributed by atoms with van der Waals surface area (Å²) in [6.07, 6.45) is 9.97. The summed E-state index contributed by atoms with van der Waals surface area (Å²) >= 11 is 0. The molecule has 2 amide bonds. The first-order valence-corrected chi connectivity index (χ1v) is 18.5. The molecular formula is C36H42N4O5S. The van der Waals surface area contributed by atoms with Gasteiger partial charge in [-0.2, -0.15) is 0 Å². The maximum Gasteiger partial charge on any atom is 0.264 e. The van der Waals surface area contributed by atoms with Crippen molar-refractivity contribution in [2.24, 2.45) is 0 Å². The largest absolute Gasteiger partial charge is 0.497 e. The van der Waals surface area contributed by atoms with Crippen LogP contribution in [0.1, 0.15) is 85.7 Å². The van der Waals surface area contributed by atoms with Crippen molar-refractivity contribution < 1.29 is 22.7 Å². The third kappa shape index (κ3) is 4.96. The molecule has 0 spiro atoms. The Morgan fingerprint density at radius 2 is 1.78 bits per heavy atom. The Kier molecular flexibility index (Phi) is 7.28. The molecule has 4 heterocycles. The molecule has 2 saturated carbocycles. The summed E-state index contributed by atoms with van der Waals surface area (Å²) in [7, 11) is -2.03. The summed E-state index contributed by atoms with van der Waals surface area (Å²) < 4.78 is 35.5. The van der Waals surface area contributed by atoms with Gasteiger partial charge in [0, 0.05) is 52.8 Å². The number of hydrogen-bond donors (Lipinski definition) is 1. The number of hydrogen-bond acceptors (Lipinski definition) is 6. The first kappa shape index (κ1) is 29.8. The molecule has 2 aromatic carbocycles. The van der Waals surface area contributed by atoms with Crippen molar-refractivity contribution in [1.29, 1.82) is 0 Å². The highest BCUT2D eigenvalue weighted by molar-refractivity contribution is 7.91. The molecule has 8 rings (SSSR count). The molecule has 0 radical (unpaired) electrons. The summed E-state index contributed by atoms with van der Waals surface area (Å²) in [4.78, 5) is 32.3. The number of carbonyl (C=O) groups is 2. The van der Waals surface area contributed by atoms with Crippen molar-refractivity contribution >= 4 is 38.8 Å². The first-order chi connectivity index (χ1) is 22.3. The van der Waals surface area contributed by atoms with Gasteiger partial charge in [-0.05, 0) is 92.1 Å². The fourth-order valence-corrected chi connectivity index (χ4v) is 9.83. The number of ether oxygens (including phenoxy) is 1. The van der Waals surface area contributed by atoms with E-state index in [1.165, 1.54) is 24.8 Å². The monoisotopic (exact) mass is 642 g/mol. The minimum atomic E-state index is -3.69. The minimum Gasteiger partial charge on any atom is -0.497 e. The van der Waals surface area contributed by atoms with Crippen LogP contribution in [-0.2, 0) is 21.4 Å². The number of fused-ring (bicyclic) bond motifs is 7. The molecule has 5 aliphatic rings. The third-order valence-electron chi connectivity index (χ3n) is 11.0. The Hall–Kier alpha value is -3.63. The van der Waals surface area contributed by atoms with Gasteiger partial charge in [0.25, 0.3) is 11.8 Å². The topological polar surface area (TPSA) is 101 Å². The smallest absolute Gasteiger partial charge is 0.264 e. The van der Waals surface area contributed by atoms with E-state index in [1.54, 1.807) is 13.2 Å². The number of likely N-dealkylation sites (tertiary alicyclic amines) is 2. The Morgan fingerprint density at radius 1 is 0.978 bits per heavy atom. The second-order valence-electron chi connectivity index (χ2n) is 13.8. The quantitative estimate of drug-likeness (QED) is 0.376. The van der Waals surface area contributed by atoms with Gasteiger partial charge in [0.2, 0.25) is 10.0 Å². The number of piperazine rings is 1. The summed E-state index contributed by atoms with van der Waals surface area (Å²) in [5, 5.41) is 0.581. The number of likely N-dealkylation sites (N-methyl/N-ethyl adjacent to an activating group) is 1. The van der Waals surface area contributed by atoms with E-state index in [4.69, 9.17) is 4.74 Å². The van der Waals surface area contributed by atoms with Gasteiger partial charge in [-0.15, -0.1) is 0 Å². The predicted molar refractivity (Wildman–Crippen MR) is 178 cm³/mol. The van der Waals surface area contributed by atoms with Crippen LogP contribution in [0.5, 0.6) is 5.75 Å². The molecule has 2 aliphatic carbocycles. The lowest BCUT2D eigenvalue weighted by Crippen LogP contribution is -2.49. The fraction of sp³-hybridized carbons (Fsp3) is 0.500. The van der Waals surface area contributed by atoms with Crippen LogP contribution in [0.3, 0.4) is 0 Å². The number of nitrogens with zero attached hydrogens (tertiary/aromatic N) is 3. The Balaban J connectivity index is 1.28. The van der Waals surface area contributed by atoms with Crippen molar-refractivity contribution in [3.63, 3.8) is 0 Å². The maximum absolute atomic E-state index is 14.4. The van der Waals surface area contributed by atoms with Gasteiger partial charge in [0.1, 0.15) is 5.75 Å². The number of amides is 2. The van der Waals surface area contributed by atoms with Crippen LogP contribution in [0.4, 0.5) is 0 Å². The molecule has 2 bridgehead atoms. The molecule has 9 nitrogen and oxygen atoms in total. The molecule has 2 unspecified atom stereocenters. The molecule has 46 heavy (non-hydrogen) atoms. The molecule has 242 valence electrons. The van der Waals surface area contributed by atoms with Crippen LogP contribution < -0.4 is 9.46 Å². The molecule has 10 heteroatoms. The summed E-state index contributed by atoms with van der Waals surface area (Å²) in [6.45, 7) is 5.21. The summed E-state index contributed by atoms with van der Waals surface area (Å²) in [5.74, 6) is 0.544. The molecule has 2 saturated heterocycles. The lowest BCUT2D eigenvalue weighted by atomic mass is 9.81. The van der Waals surface area contributed by atoms with E-state index in [1.807, 2.05) is 30.3 Å². The average molecular weight is 643 g/mol. The van der Waals surface area contributed by atoms with E-state index >= 15 is 0 Å². The number of benzene rings is 2.